The second-order valence-corrected chi connectivity index (χ2v) is 7.91. The van der Waals surface area contributed by atoms with E-state index < -0.39 is 12.1 Å². The Morgan fingerprint density at radius 3 is 2.78 bits per heavy atom. The highest BCUT2D eigenvalue weighted by molar-refractivity contribution is 7.98. The molecule has 3 rings (SSSR count). The van der Waals surface area contributed by atoms with Crippen molar-refractivity contribution in [2.45, 2.75) is 44.2 Å². The van der Waals surface area contributed by atoms with Crippen LogP contribution in [0, 0.1) is 0 Å². The Morgan fingerprint density at radius 2 is 2.04 bits per heavy atom. The molecule has 1 fully saturated rings. The molecule has 2 aliphatic rings. The normalized spacial score (nSPS) is 17.8. The number of urea groups is 1. The average molecular weight is 391 g/mol. The smallest absolute Gasteiger partial charge is 0.323 e. The van der Waals surface area contributed by atoms with Crippen molar-refractivity contribution in [2.24, 2.45) is 0 Å². The van der Waals surface area contributed by atoms with Crippen molar-refractivity contribution in [2.75, 3.05) is 28.8 Å². The minimum absolute atomic E-state index is 0.0671. The lowest BCUT2D eigenvalue weighted by Crippen LogP contribution is -2.55. The van der Waals surface area contributed by atoms with Crippen LogP contribution in [0.25, 0.3) is 0 Å². The Balaban J connectivity index is 1.70. The van der Waals surface area contributed by atoms with E-state index in [1.165, 1.54) is 4.90 Å². The van der Waals surface area contributed by atoms with Crippen LogP contribution in [0.4, 0.5) is 16.2 Å². The first-order valence-electron chi connectivity index (χ1n) is 9.34. The molecule has 27 heavy (non-hydrogen) atoms. The maximum Gasteiger partial charge on any atom is 0.323 e. The molecule has 1 aromatic carbocycles. The first-order chi connectivity index (χ1) is 13.1. The predicted octanol–water partition coefficient (Wildman–Crippen LogP) is 2.34. The summed E-state index contributed by atoms with van der Waals surface area (Å²) in [5, 5.41) is 8.66. The van der Waals surface area contributed by atoms with Gasteiger partial charge in [0.05, 0.1) is 11.4 Å². The summed E-state index contributed by atoms with van der Waals surface area (Å²) in [7, 11) is 0. The van der Waals surface area contributed by atoms with Gasteiger partial charge in [-0.2, -0.15) is 11.8 Å². The lowest BCUT2D eigenvalue weighted by Gasteiger charge is -2.31. The van der Waals surface area contributed by atoms with Gasteiger partial charge < -0.3 is 16.0 Å². The molecule has 0 saturated heterocycles. The van der Waals surface area contributed by atoms with E-state index in [9.17, 15) is 14.4 Å². The van der Waals surface area contributed by atoms with E-state index in [2.05, 4.69) is 16.0 Å². The fourth-order valence-electron chi connectivity index (χ4n) is 3.52. The molecule has 1 aliphatic heterocycles. The molecule has 0 radical (unpaired) electrons. The minimum Gasteiger partial charge on any atom is -0.352 e. The Hall–Kier alpha value is -2.22. The van der Waals surface area contributed by atoms with E-state index in [1.54, 1.807) is 30.0 Å². The highest BCUT2D eigenvalue weighted by Crippen LogP contribution is 2.28. The van der Waals surface area contributed by atoms with Crippen molar-refractivity contribution in [3.63, 3.8) is 0 Å². The lowest BCUT2D eigenvalue weighted by atomic mass is 10.1. The molecule has 0 unspecified atom stereocenters. The standard InChI is InChI=1S/C19H26N4O3S/c1-27-11-10-15(18(25)20-13-6-2-3-7-13)22-19(26)23-12-17(24)21-14-8-4-5-9-16(14)23/h4-5,8-9,13,15H,2-3,6-7,10-12H2,1H3,(H,20,25)(H,21,24)(H,22,26)/t15-/m0/s1. The van der Waals surface area contributed by atoms with Crippen molar-refractivity contribution < 1.29 is 14.4 Å². The van der Waals surface area contributed by atoms with Gasteiger partial charge in [-0.1, -0.05) is 25.0 Å². The predicted molar refractivity (Wildman–Crippen MR) is 108 cm³/mol. The second-order valence-electron chi connectivity index (χ2n) is 6.92. The van der Waals surface area contributed by atoms with Gasteiger partial charge in [0, 0.05) is 6.04 Å². The molecule has 1 aromatic rings. The second kappa shape index (κ2) is 9.12. The number of hydrogen-bond donors (Lipinski definition) is 3. The van der Waals surface area contributed by atoms with Gasteiger partial charge in [0.1, 0.15) is 12.6 Å². The zero-order valence-corrected chi connectivity index (χ0v) is 16.3. The van der Waals surface area contributed by atoms with Gasteiger partial charge >= 0.3 is 6.03 Å². The van der Waals surface area contributed by atoms with Crippen LogP contribution in [-0.4, -0.2) is 48.5 Å². The van der Waals surface area contributed by atoms with Gasteiger partial charge in [-0.05, 0) is 43.4 Å². The molecule has 8 heteroatoms. The van der Waals surface area contributed by atoms with Crippen LogP contribution in [0.3, 0.4) is 0 Å². The van der Waals surface area contributed by atoms with E-state index in [0.29, 0.717) is 17.8 Å². The van der Waals surface area contributed by atoms with Crippen LogP contribution in [0.5, 0.6) is 0 Å². The maximum atomic E-state index is 12.9. The van der Waals surface area contributed by atoms with Crippen LogP contribution in [0.2, 0.25) is 0 Å². The van der Waals surface area contributed by atoms with Gasteiger partial charge in [-0.25, -0.2) is 4.79 Å². The molecule has 7 nitrogen and oxygen atoms in total. The topological polar surface area (TPSA) is 90.5 Å². The summed E-state index contributed by atoms with van der Waals surface area (Å²) in [6.07, 6.45) is 6.77. The summed E-state index contributed by atoms with van der Waals surface area (Å²) < 4.78 is 0. The van der Waals surface area contributed by atoms with E-state index in [-0.39, 0.29) is 24.4 Å². The zero-order chi connectivity index (χ0) is 19.2. The number of hydrogen-bond acceptors (Lipinski definition) is 4. The average Bonchev–Trinajstić information content (AvgIpc) is 3.17. The van der Waals surface area contributed by atoms with E-state index >= 15 is 0 Å². The third-order valence-electron chi connectivity index (χ3n) is 4.94. The fraction of sp³-hybridized carbons (Fsp3) is 0.526. The molecule has 1 saturated carbocycles. The molecular formula is C19H26N4O3S. The van der Waals surface area contributed by atoms with Gasteiger partial charge in [0.2, 0.25) is 11.8 Å². The molecule has 1 atom stereocenters. The molecular weight excluding hydrogens is 364 g/mol. The number of amides is 4. The molecule has 0 aromatic heterocycles. The summed E-state index contributed by atoms with van der Waals surface area (Å²) in [5.74, 6) is 0.374. The van der Waals surface area contributed by atoms with E-state index in [4.69, 9.17) is 0 Å². The maximum absolute atomic E-state index is 12.9. The zero-order valence-electron chi connectivity index (χ0n) is 15.5. The molecule has 1 heterocycles. The molecule has 1 aliphatic carbocycles. The monoisotopic (exact) mass is 390 g/mol. The summed E-state index contributed by atoms with van der Waals surface area (Å²) in [4.78, 5) is 38.9. The van der Waals surface area contributed by atoms with Crippen LogP contribution in [-0.2, 0) is 9.59 Å². The van der Waals surface area contributed by atoms with Crippen LogP contribution in [0.15, 0.2) is 24.3 Å². The first kappa shape index (κ1) is 19.5. The minimum atomic E-state index is -0.609. The Kier molecular flexibility index (Phi) is 6.60. The number of nitrogens with one attached hydrogen (secondary N) is 3. The molecule has 4 amide bonds. The van der Waals surface area contributed by atoms with Gasteiger partial charge in [0.15, 0.2) is 0 Å². The van der Waals surface area contributed by atoms with Crippen LogP contribution < -0.4 is 20.9 Å². The Morgan fingerprint density at radius 1 is 1.30 bits per heavy atom. The third-order valence-corrected chi connectivity index (χ3v) is 5.59. The number of rotatable bonds is 6. The summed E-state index contributed by atoms with van der Waals surface area (Å²) in [6, 6.07) is 6.32. The lowest BCUT2D eigenvalue weighted by molar-refractivity contribution is -0.123. The van der Waals surface area contributed by atoms with Crippen LogP contribution >= 0.6 is 11.8 Å². The van der Waals surface area contributed by atoms with Gasteiger partial charge in [-0.3, -0.25) is 14.5 Å². The van der Waals surface area contributed by atoms with Crippen molar-refractivity contribution in [1.82, 2.24) is 10.6 Å². The number of thioether (sulfide) groups is 1. The van der Waals surface area contributed by atoms with Crippen molar-refractivity contribution in [1.29, 1.82) is 0 Å². The van der Waals surface area contributed by atoms with Crippen LogP contribution in [0.1, 0.15) is 32.1 Å². The van der Waals surface area contributed by atoms with E-state index in [1.807, 2.05) is 12.3 Å². The number of nitrogens with zero attached hydrogens (tertiary/aromatic N) is 1. The largest absolute Gasteiger partial charge is 0.352 e. The molecule has 0 spiro atoms. The molecule has 146 valence electrons. The molecule has 0 bridgehead atoms. The third kappa shape index (κ3) is 4.94. The van der Waals surface area contributed by atoms with Crippen molar-refractivity contribution in [3.05, 3.63) is 24.3 Å². The number of carbonyl (C=O) groups excluding carboxylic acids is 3. The van der Waals surface area contributed by atoms with Crippen molar-refractivity contribution in [3.8, 4) is 0 Å². The SMILES string of the molecule is CSCC[C@H](NC(=O)N1CC(=O)Nc2ccccc21)C(=O)NC1CCCC1. The number of carbonyl (C=O) groups is 3. The number of benzene rings is 1. The Bertz CT molecular complexity index is 706. The molecule has 3 N–H and O–H groups in total. The first-order valence-corrected chi connectivity index (χ1v) is 10.7. The quantitative estimate of drug-likeness (QED) is 0.695. The summed E-state index contributed by atoms with van der Waals surface area (Å²) in [5.41, 5.74) is 1.23. The number of fused-ring (bicyclic) bond motifs is 1. The van der Waals surface area contributed by atoms with Gasteiger partial charge in [-0.15, -0.1) is 0 Å². The van der Waals surface area contributed by atoms with Crippen molar-refractivity contribution >= 4 is 41.0 Å². The fourth-order valence-corrected chi connectivity index (χ4v) is 3.99. The Labute approximate surface area is 163 Å². The highest BCUT2D eigenvalue weighted by atomic mass is 32.2. The summed E-state index contributed by atoms with van der Waals surface area (Å²) >= 11 is 1.63. The highest BCUT2D eigenvalue weighted by Gasteiger charge is 2.30. The van der Waals surface area contributed by atoms with Gasteiger partial charge in [0.25, 0.3) is 0 Å². The number of para-hydroxylation sites is 2. The summed E-state index contributed by atoms with van der Waals surface area (Å²) in [6.45, 7) is -0.0671. The number of anilines is 2. The van der Waals surface area contributed by atoms with E-state index in [0.717, 1.165) is 31.4 Å².